The van der Waals surface area contributed by atoms with Crippen molar-refractivity contribution >= 4 is 11.7 Å². The number of carbonyl (C=O) groups is 2. The lowest BCUT2D eigenvalue weighted by molar-refractivity contribution is -0.138. The molecule has 0 aromatic rings. The van der Waals surface area contributed by atoms with Gasteiger partial charge >= 0.3 is 0 Å². The van der Waals surface area contributed by atoms with Crippen LogP contribution in [0.4, 0.5) is 0 Å². The zero-order valence-corrected chi connectivity index (χ0v) is 12.9. The van der Waals surface area contributed by atoms with Crippen molar-refractivity contribution in [1.29, 1.82) is 0 Å². The molecule has 20 heavy (non-hydrogen) atoms. The first-order valence-electron chi connectivity index (χ1n) is 8.13. The van der Waals surface area contributed by atoms with Crippen LogP contribution in [0.3, 0.4) is 0 Å². The molecule has 2 heterocycles. The van der Waals surface area contributed by atoms with Gasteiger partial charge in [0.1, 0.15) is 5.78 Å². The fourth-order valence-electron chi connectivity index (χ4n) is 3.40. The molecule has 0 bridgehead atoms. The van der Waals surface area contributed by atoms with E-state index >= 15 is 0 Å². The predicted molar refractivity (Wildman–Crippen MR) is 79.5 cm³/mol. The van der Waals surface area contributed by atoms with Gasteiger partial charge in [-0.2, -0.15) is 0 Å². The van der Waals surface area contributed by atoms with E-state index in [-0.39, 0.29) is 23.7 Å². The zero-order valence-electron chi connectivity index (χ0n) is 12.9. The first-order chi connectivity index (χ1) is 9.59. The Morgan fingerprint density at radius 1 is 1.00 bits per heavy atom. The van der Waals surface area contributed by atoms with E-state index in [4.69, 9.17) is 0 Å². The van der Waals surface area contributed by atoms with Crippen molar-refractivity contribution in [2.75, 3.05) is 26.2 Å². The lowest BCUT2D eigenvalue weighted by atomic mass is 9.93. The second-order valence-electron chi connectivity index (χ2n) is 6.36. The fraction of sp³-hybridized carbons (Fsp3) is 0.875. The summed E-state index contributed by atoms with van der Waals surface area (Å²) in [6.07, 6.45) is 6.77. The predicted octanol–water partition coefficient (Wildman–Crippen LogP) is 2.08. The number of Topliss-reactive ketones (excluding diaryl/α,β-unsaturated/α-hetero) is 1. The topological polar surface area (TPSA) is 40.6 Å². The van der Waals surface area contributed by atoms with Crippen molar-refractivity contribution in [3.05, 3.63) is 0 Å². The van der Waals surface area contributed by atoms with E-state index in [1.54, 1.807) is 6.92 Å². The van der Waals surface area contributed by atoms with Crippen LogP contribution in [0.2, 0.25) is 0 Å². The Hall–Kier alpha value is -0.900. The van der Waals surface area contributed by atoms with Gasteiger partial charge < -0.3 is 4.90 Å². The summed E-state index contributed by atoms with van der Waals surface area (Å²) >= 11 is 0. The van der Waals surface area contributed by atoms with Crippen LogP contribution in [0.15, 0.2) is 0 Å². The molecule has 2 fully saturated rings. The number of carbonyl (C=O) groups excluding carboxylic acids is 2. The fourth-order valence-corrected chi connectivity index (χ4v) is 3.40. The molecule has 4 nitrogen and oxygen atoms in total. The van der Waals surface area contributed by atoms with Gasteiger partial charge in [-0.15, -0.1) is 0 Å². The highest BCUT2D eigenvalue weighted by Gasteiger charge is 2.31. The largest absolute Gasteiger partial charge is 0.341 e. The molecular formula is C16H28N2O2. The van der Waals surface area contributed by atoms with Crippen LogP contribution >= 0.6 is 0 Å². The third kappa shape index (κ3) is 3.81. The van der Waals surface area contributed by atoms with Gasteiger partial charge in [0, 0.05) is 25.6 Å². The minimum atomic E-state index is -0.0738. The Balaban J connectivity index is 1.93. The Labute approximate surface area is 122 Å². The van der Waals surface area contributed by atoms with E-state index < -0.39 is 0 Å². The molecule has 0 aromatic heterocycles. The summed E-state index contributed by atoms with van der Waals surface area (Å²) in [6.45, 7) is 7.21. The van der Waals surface area contributed by atoms with Gasteiger partial charge in [-0.05, 0) is 46.1 Å². The smallest absolute Gasteiger partial charge is 0.239 e. The molecule has 4 heteroatoms. The monoisotopic (exact) mass is 280 g/mol. The highest BCUT2D eigenvalue weighted by atomic mass is 16.2. The molecular weight excluding hydrogens is 252 g/mol. The normalized spacial score (nSPS) is 26.9. The van der Waals surface area contributed by atoms with E-state index in [2.05, 4.69) is 4.90 Å². The molecule has 2 unspecified atom stereocenters. The standard InChI is InChI=1S/C16H28N2O2/c1-13(16(20)17-9-5-3-4-6-10-17)18-11-7-8-15(12-18)14(2)19/h13,15H,3-12H2,1-2H3. The Kier molecular flexibility index (Phi) is 5.58. The highest BCUT2D eigenvalue weighted by molar-refractivity contribution is 5.82. The van der Waals surface area contributed by atoms with Crippen LogP contribution in [-0.4, -0.2) is 53.7 Å². The summed E-state index contributed by atoms with van der Waals surface area (Å²) in [5.74, 6) is 0.656. The van der Waals surface area contributed by atoms with Crippen molar-refractivity contribution in [1.82, 2.24) is 9.80 Å². The molecule has 0 saturated carbocycles. The van der Waals surface area contributed by atoms with Crippen molar-refractivity contribution in [3.63, 3.8) is 0 Å². The van der Waals surface area contributed by atoms with E-state index in [0.29, 0.717) is 0 Å². The number of hydrogen-bond donors (Lipinski definition) is 0. The maximum Gasteiger partial charge on any atom is 0.239 e. The molecule has 2 rings (SSSR count). The summed E-state index contributed by atoms with van der Waals surface area (Å²) in [5.41, 5.74) is 0. The number of ketones is 1. The Bertz CT molecular complexity index is 348. The van der Waals surface area contributed by atoms with Crippen LogP contribution in [0, 0.1) is 5.92 Å². The van der Waals surface area contributed by atoms with Gasteiger partial charge in [0.2, 0.25) is 5.91 Å². The van der Waals surface area contributed by atoms with Crippen LogP contribution in [0.5, 0.6) is 0 Å². The summed E-state index contributed by atoms with van der Waals surface area (Å²) in [5, 5.41) is 0. The molecule has 2 aliphatic rings. The lowest BCUT2D eigenvalue weighted by Gasteiger charge is -2.37. The summed E-state index contributed by atoms with van der Waals surface area (Å²) in [4.78, 5) is 28.4. The summed E-state index contributed by atoms with van der Waals surface area (Å²) < 4.78 is 0. The number of piperidine rings is 1. The maximum absolute atomic E-state index is 12.6. The second-order valence-corrected chi connectivity index (χ2v) is 6.36. The average molecular weight is 280 g/mol. The first-order valence-corrected chi connectivity index (χ1v) is 8.13. The molecule has 0 spiro atoms. The molecule has 2 saturated heterocycles. The average Bonchev–Trinajstić information content (AvgIpc) is 2.75. The van der Waals surface area contributed by atoms with Crippen molar-refractivity contribution < 1.29 is 9.59 Å². The van der Waals surface area contributed by atoms with E-state index in [1.807, 2.05) is 11.8 Å². The molecule has 2 aliphatic heterocycles. The molecule has 114 valence electrons. The van der Waals surface area contributed by atoms with Gasteiger partial charge in [0.05, 0.1) is 6.04 Å². The van der Waals surface area contributed by atoms with Gasteiger partial charge in [-0.1, -0.05) is 12.8 Å². The minimum Gasteiger partial charge on any atom is -0.341 e. The van der Waals surface area contributed by atoms with Gasteiger partial charge in [0.25, 0.3) is 0 Å². The van der Waals surface area contributed by atoms with Crippen LogP contribution in [0.1, 0.15) is 52.4 Å². The molecule has 0 N–H and O–H groups in total. The molecule has 2 atom stereocenters. The van der Waals surface area contributed by atoms with Crippen LogP contribution in [-0.2, 0) is 9.59 Å². The summed E-state index contributed by atoms with van der Waals surface area (Å²) in [7, 11) is 0. The summed E-state index contributed by atoms with van der Waals surface area (Å²) in [6, 6.07) is -0.0738. The SMILES string of the molecule is CC(=O)C1CCCN(C(C)C(=O)N2CCCCCC2)C1. The first kappa shape index (κ1) is 15.5. The lowest BCUT2D eigenvalue weighted by Crippen LogP contribution is -2.51. The number of nitrogens with zero attached hydrogens (tertiary/aromatic N) is 2. The number of rotatable bonds is 3. The van der Waals surface area contributed by atoms with Crippen LogP contribution < -0.4 is 0 Å². The Morgan fingerprint density at radius 3 is 2.25 bits per heavy atom. The van der Waals surface area contributed by atoms with Gasteiger partial charge in [0.15, 0.2) is 0 Å². The quantitative estimate of drug-likeness (QED) is 0.794. The van der Waals surface area contributed by atoms with Crippen molar-refractivity contribution in [2.24, 2.45) is 5.92 Å². The second kappa shape index (κ2) is 7.21. The number of hydrogen-bond acceptors (Lipinski definition) is 3. The molecule has 0 radical (unpaired) electrons. The van der Waals surface area contributed by atoms with E-state index in [1.165, 1.54) is 12.8 Å². The van der Waals surface area contributed by atoms with Gasteiger partial charge in [-0.3, -0.25) is 14.5 Å². The number of likely N-dealkylation sites (tertiary alicyclic amines) is 2. The minimum absolute atomic E-state index is 0.0738. The zero-order chi connectivity index (χ0) is 14.5. The molecule has 0 aliphatic carbocycles. The Morgan fingerprint density at radius 2 is 1.65 bits per heavy atom. The molecule has 1 amide bonds. The number of amides is 1. The highest BCUT2D eigenvalue weighted by Crippen LogP contribution is 2.21. The van der Waals surface area contributed by atoms with Crippen LogP contribution in [0.25, 0.3) is 0 Å². The third-order valence-electron chi connectivity index (χ3n) is 4.85. The van der Waals surface area contributed by atoms with Crippen molar-refractivity contribution in [2.45, 2.75) is 58.4 Å². The van der Waals surface area contributed by atoms with E-state index in [0.717, 1.165) is 51.9 Å². The van der Waals surface area contributed by atoms with Crippen molar-refractivity contribution in [3.8, 4) is 0 Å². The van der Waals surface area contributed by atoms with Gasteiger partial charge in [-0.25, -0.2) is 0 Å². The molecule has 0 aromatic carbocycles. The van der Waals surface area contributed by atoms with E-state index in [9.17, 15) is 9.59 Å². The third-order valence-corrected chi connectivity index (χ3v) is 4.85. The maximum atomic E-state index is 12.6.